The van der Waals surface area contributed by atoms with Crippen LogP contribution in [0.3, 0.4) is 0 Å². The molecular weight excluding hydrogens is 171 g/mol. The highest BCUT2D eigenvalue weighted by molar-refractivity contribution is 7.94. The van der Waals surface area contributed by atoms with Gasteiger partial charge in [0.2, 0.25) is 0 Å². The van der Waals surface area contributed by atoms with Crippen LogP contribution in [0.1, 0.15) is 20.8 Å². The molecule has 0 spiro atoms. The first-order valence-electron chi connectivity index (χ1n) is 3.85. The molecule has 0 heterocycles. The van der Waals surface area contributed by atoms with E-state index in [0.29, 0.717) is 17.9 Å². The Morgan fingerprint density at radius 1 is 1.42 bits per heavy atom. The molecule has 2 heteroatoms. The number of hydrogen-bond donors (Lipinski definition) is 0. The minimum Gasteiger partial charge on any atom is -0.165 e. The van der Waals surface area contributed by atoms with E-state index in [4.69, 9.17) is 0 Å². The first kappa shape index (κ1) is 17.5. The zero-order valence-corrected chi connectivity index (χ0v) is 9.09. The monoisotopic (exact) mass is 190 g/mol. The molecule has 0 aromatic rings. The van der Waals surface area contributed by atoms with Gasteiger partial charge in [0.25, 0.3) is 0 Å². The van der Waals surface area contributed by atoms with Gasteiger partial charge in [-0.1, -0.05) is 32.6 Å². The van der Waals surface area contributed by atoms with Gasteiger partial charge in [0, 0.05) is 17.9 Å². The summed E-state index contributed by atoms with van der Waals surface area (Å²) in [7, 11) is 0. The van der Waals surface area contributed by atoms with Gasteiger partial charge in [0.15, 0.2) is 0 Å². The van der Waals surface area contributed by atoms with Crippen LogP contribution in [0.2, 0.25) is 0 Å². The molecule has 72 valence electrons. The molecule has 0 aromatic heterocycles. The molecular formula is C10H19FS. The summed E-state index contributed by atoms with van der Waals surface area (Å²) in [5, 5.41) is 0. The first-order valence-corrected chi connectivity index (χ1v) is 4.74. The lowest BCUT2D eigenvalue weighted by Crippen LogP contribution is -1.74. The van der Waals surface area contributed by atoms with Gasteiger partial charge in [-0.15, -0.1) is 13.2 Å². The molecule has 0 atom stereocenters. The number of hydrogen-bond acceptors (Lipinski definition) is 1. The fraction of sp³-hybridized carbons (Fsp3) is 0.400. The van der Waals surface area contributed by atoms with E-state index in [9.17, 15) is 3.89 Å². The minimum absolute atomic E-state index is 0.299. The van der Waals surface area contributed by atoms with E-state index in [1.165, 1.54) is 0 Å². The standard InChI is InChI=1S/C6H9FS.C2H6.C2H4/c1-3-4-6(2)5-8-7;2*1-2/h3-4H,2,5H2,1H3;1-2H3;1-2H2/b4-3-;;. The summed E-state index contributed by atoms with van der Waals surface area (Å²) in [5.74, 6) is 0.379. The summed E-state index contributed by atoms with van der Waals surface area (Å²) in [6.45, 7) is 15.5. The van der Waals surface area contributed by atoms with Crippen LogP contribution in [0.25, 0.3) is 0 Å². The highest BCUT2D eigenvalue weighted by atomic mass is 32.2. The maximum Gasteiger partial charge on any atom is 0.0495 e. The highest BCUT2D eigenvalue weighted by Gasteiger charge is 1.85. The van der Waals surface area contributed by atoms with E-state index in [-0.39, 0.29) is 0 Å². The second kappa shape index (κ2) is 22.4. The summed E-state index contributed by atoms with van der Waals surface area (Å²) in [6, 6.07) is 0. The second-order valence-corrected chi connectivity index (χ2v) is 1.92. The van der Waals surface area contributed by atoms with E-state index < -0.39 is 0 Å². The van der Waals surface area contributed by atoms with Gasteiger partial charge in [-0.2, -0.15) is 3.89 Å². The normalized spacial score (nSPS) is 7.67. The molecule has 0 fully saturated rings. The predicted octanol–water partition coefficient (Wildman–Crippen LogP) is 4.56. The molecule has 0 bridgehead atoms. The molecule has 0 amide bonds. The van der Waals surface area contributed by atoms with Gasteiger partial charge in [-0.3, -0.25) is 0 Å². The van der Waals surface area contributed by atoms with Gasteiger partial charge >= 0.3 is 0 Å². The fourth-order valence-corrected chi connectivity index (χ4v) is 0.590. The highest BCUT2D eigenvalue weighted by Crippen LogP contribution is 2.06. The van der Waals surface area contributed by atoms with Crippen molar-refractivity contribution < 1.29 is 3.89 Å². The summed E-state index contributed by atoms with van der Waals surface area (Å²) < 4.78 is 11.4. The third kappa shape index (κ3) is 22.7. The van der Waals surface area contributed by atoms with Crippen molar-refractivity contribution in [2.45, 2.75) is 20.8 Å². The average Bonchev–Trinajstić information content (AvgIpc) is 2.12. The van der Waals surface area contributed by atoms with Crippen LogP contribution < -0.4 is 0 Å². The Balaban J connectivity index is -0.000000175. The maximum atomic E-state index is 11.4. The number of halogens is 1. The lowest BCUT2D eigenvalue weighted by molar-refractivity contribution is 0.938. The Labute approximate surface area is 80.6 Å². The predicted molar refractivity (Wildman–Crippen MR) is 60.1 cm³/mol. The minimum atomic E-state index is 0.299. The largest absolute Gasteiger partial charge is 0.165 e. The van der Waals surface area contributed by atoms with Gasteiger partial charge in [-0.05, 0) is 12.5 Å². The van der Waals surface area contributed by atoms with Crippen LogP contribution >= 0.6 is 12.1 Å². The average molecular weight is 190 g/mol. The molecule has 0 aliphatic heterocycles. The van der Waals surface area contributed by atoms with Crippen LogP contribution in [-0.4, -0.2) is 5.75 Å². The van der Waals surface area contributed by atoms with Crippen molar-refractivity contribution in [3.8, 4) is 0 Å². The Kier molecular flexibility index (Phi) is 32.8. The topological polar surface area (TPSA) is 0 Å². The molecule has 0 rings (SSSR count). The maximum absolute atomic E-state index is 11.4. The van der Waals surface area contributed by atoms with E-state index in [1.54, 1.807) is 6.08 Å². The van der Waals surface area contributed by atoms with Crippen molar-refractivity contribution >= 4 is 12.1 Å². The molecule has 0 saturated heterocycles. The van der Waals surface area contributed by atoms with Crippen LogP contribution in [0.4, 0.5) is 3.89 Å². The van der Waals surface area contributed by atoms with Crippen molar-refractivity contribution in [2.75, 3.05) is 5.75 Å². The second-order valence-electron chi connectivity index (χ2n) is 1.41. The molecule has 0 aliphatic rings. The Bertz CT molecular complexity index is 108. The quantitative estimate of drug-likeness (QED) is 0.464. The Hall–Kier alpha value is -0.500. The molecule has 0 aromatic carbocycles. The summed E-state index contributed by atoms with van der Waals surface area (Å²) in [6.07, 6.45) is 3.64. The molecule has 12 heavy (non-hydrogen) atoms. The third-order valence-corrected chi connectivity index (χ3v) is 1.12. The van der Waals surface area contributed by atoms with Crippen LogP contribution in [0.5, 0.6) is 0 Å². The van der Waals surface area contributed by atoms with Crippen molar-refractivity contribution in [3.05, 3.63) is 37.5 Å². The van der Waals surface area contributed by atoms with E-state index in [2.05, 4.69) is 19.7 Å². The van der Waals surface area contributed by atoms with Gasteiger partial charge in [-0.25, -0.2) is 0 Å². The fourth-order valence-electron chi connectivity index (χ4n) is 0.354. The first-order chi connectivity index (χ1) is 5.81. The van der Waals surface area contributed by atoms with E-state index in [1.807, 2.05) is 26.8 Å². The number of allylic oxidation sites excluding steroid dienone is 2. The molecule has 0 aliphatic carbocycles. The van der Waals surface area contributed by atoms with Crippen LogP contribution in [-0.2, 0) is 0 Å². The smallest absolute Gasteiger partial charge is 0.0495 e. The van der Waals surface area contributed by atoms with Crippen molar-refractivity contribution in [1.82, 2.24) is 0 Å². The molecule has 0 nitrogen and oxygen atoms in total. The van der Waals surface area contributed by atoms with E-state index in [0.717, 1.165) is 5.57 Å². The Morgan fingerprint density at radius 2 is 1.83 bits per heavy atom. The van der Waals surface area contributed by atoms with E-state index >= 15 is 0 Å². The lowest BCUT2D eigenvalue weighted by atomic mass is 10.3. The zero-order chi connectivity index (χ0) is 10.4. The summed E-state index contributed by atoms with van der Waals surface area (Å²) >= 11 is 0.299. The molecule has 0 radical (unpaired) electrons. The van der Waals surface area contributed by atoms with Crippen molar-refractivity contribution in [2.24, 2.45) is 0 Å². The molecule has 0 saturated carbocycles. The molecule has 0 unspecified atom stereocenters. The SMILES string of the molecule is C=C.C=C(/C=C\C)CSF.CC. The van der Waals surface area contributed by atoms with Gasteiger partial charge < -0.3 is 0 Å². The zero-order valence-electron chi connectivity index (χ0n) is 8.27. The number of rotatable bonds is 3. The van der Waals surface area contributed by atoms with Gasteiger partial charge in [0.05, 0.1) is 0 Å². The third-order valence-electron chi connectivity index (χ3n) is 0.642. The lowest BCUT2D eigenvalue weighted by Gasteiger charge is -1.88. The van der Waals surface area contributed by atoms with Crippen LogP contribution in [0, 0.1) is 0 Å². The van der Waals surface area contributed by atoms with Crippen molar-refractivity contribution in [3.63, 3.8) is 0 Å². The molecule has 0 N–H and O–H groups in total. The van der Waals surface area contributed by atoms with Gasteiger partial charge in [0.1, 0.15) is 0 Å². The van der Waals surface area contributed by atoms with Crippen LogP contribution in [0.15, 0.2) is 37.5 Å². The Morgan fingerprint density at radius 3 is 2.08 bits per heavy atom. The van der Waals surface area contributed by atoms with Crippen molar-refractivity contribution in [1.29, 1.82) is 0 Å². The summed E-state index contributed by atoms with van der Waals surface area (Å²) in [4.78, 5) is 0. The summed E-state index contributed by atoms with van der Waals surface area (Å²) in [5.41, 5.74) is 0.819.